The topological polar surface area (TPSA) is 57.0 Å². The number of quaternary nitrogens is 1. The molecule has 0 spiro atoms. The Morgan fingerprint density at radius 1 is 0.833 bits per heavy atom. The maximum Gasteiger partial charge on any atom is 0.462 e. The lowest BCUT2D eigenvalue weighted by Gasteiger charge is -2.36. The molecule has 18 heteroatoms. The third-order valence-corrected chi connectivity index (χ3v) is 3.29. The molecule has 5 nitrogen and oxygen atoms in total. The fourth-order valence-electron chi connectivity index (χ4n) is 1.62. The summed E-state index contributed by atoms with van der Waals surface area (Å²) in [6.07, 6.45) is -22.6. The van der Waals surface area contributed by atoms with Gasteiger partial charge in [0.1, 0.15) is 0 Å². The second kappa shape index (κ2) is 8.62. The Labute approximate surface area is 158 Å². The van der Waals surface area contributed by atoms with Gasteiger partial charge in [0.05, 0.1) is 6.54 Å². The number of nitrogens with one attached hydrogen (secondary N) is 1. The average molecular weight is 480 g/mol. The predicted molar refractivity (Wildman–Crippen MR) is 69.2 cm³/mol. The Hall–Kier alpha value is -1.40. The molecule has 0 saturated heterocycles. The van der Waals surface area contributed by atoms with Gasteiger partial charge in [-0.25, -0.2) is 9.53 Å². The summed E-state index contributed by atoms with van der Waals surface area (Å²) < 4.78 is 168. The SMILES string of the molecule is CN(C)CCC[NH+]([O-])C(=O)C(F)(F)C(F)(F)C(F)(F)OC(F)(F)C(F)(F)C(F)(F)F. The quantitative estimate of drug-likeness (QED) is 0.386. The van der Waals surface area contributed by atoms with Crippen molar-refractivity contribution < 1.29 is 71.7 Å². The Morgan fingerprint density at radius 3 is 1.60 bits per heavy atom. The van der Waals surface area contributed by atoms with E-state index in [1.54, 1.807) is 0 Å². The first-order valence-electron chi connectivity index (χ1n) is 7.34. The summed E-state index contributed by atoms with van der Waals surface area (Å²) in [6.45, 7) is -1.25. The molecule has 0 rings (SSSR count). The molecule has 0 aliphatic heterocycles. The van der Waals surface area contributed by atoms with Crippen molar-refractivity contribution in [3.05, 3.63) is 5.21 Å². The number of hydroxylamine groups is 2. The highest BCUT2D eigenvalue weighted by Gasteiger charge is 2.83. The molecule has 180 valence electrons. The summed E-state index contributed by atoms with van der Waals surface area (Å²) in [6, 6.07) is 0. The first-order chi connectivity index (χ1) is 13.0. The molecule has 0 saturated carbocycles. The molecule has 0 fully saturated rings. The molecular formula is C12H13F13N2O3. The zero-order chi connectivity index (χ0) is 24.6. The van der Waals surface area contributed by atoms with E-state index in [1.165, 1.54) is 23.7 Å². The maximum atomic E-state index is 13.5. The minimum atomic E-state index is -7.51. The van der Waals surface area contributed by atoms with Crippen LogP contribution in [0.25, 0.3) is 0 Å². The molecular weight excluding hydrogens is 467 g/mol. The summed E-state index contributed by atoms with van der Waals surface area (Å²) in [5.41, 5.74) is 0. The number of amides is 1. The largest absolute Gasteiger partial charge is 0.627 e. The van der Waals surface area contributed by atoms with Crippen molar-refractivity contribution >= 4 is 5.91 Å². The highest BCUT2D eigenvalue weighted by atomic mass is 19.4. The molecule has 0 bridgehead atoms. The molecule has 0 aliphatic rings. The molecule has 30 heavy (non-hydrogen) atoms. The highest BCUT2D eigenvalue weighted by Crippen LogP contribution is 2.53. The second-order valence-corrected chi connectivity index (χ2v) is 6.02. The maximum absolute atomic E-state index is 13.5. The van der Waals surface area contributed by atoms with E-state index in [1.807, 2.05) is 0 Å². The first kappa shape index (κ1) is 28.6. The number of halogens is 13. The molecule has 1 unspecified atom stereocenters. The van der Waals surface area contributed by atoms with Gasteiger partial charge in [-0.15, -0.1) is 0 Å². The van der Waals surface area contributed by atoms with E-state index in [4.69, 9.17) is 0 Å². The van der Waals surface area contributed by atoms with Crippen molar-refractivity contribution in [2.24, 2.45) is 0 Å². The van der Waals surface area contributed by atoms with Gasteiger partial charge < -0.3 is 15.2 Å². The van der Waals surface area contributed by atoms with Crippen LogP contribution in [0.3, 0.4) is 0 Å². The summed E-state index contributed by atoms with van der Waals surface area (Å²) in [7, 11) is 2.79. The number of hydrogen-bond acceptors (Lipinski definition) is 4. The molecule has 0 radical (unpaired) electrons. The molecule has 1 atom stereocenters. The Kier molecular flexibility index (Phi) is 8.22. The van der Waals surface area contributed by atoms with Gasteiger partial charge in [-0.05, 0) is 14.1 Å². The zero-order valence-electron chi connectivity index (χ0n) is 14.7. The molecule has 0 aromatic heterocycles. The van der Waals surface area contributed by atoms with Gasteiger partial charge >= 0.3 is 42.1 Å². The van der Waals surface area contributed by atoms with Crippen LogP contribution in [0.5, 0.6) is 0 Å². The number of carbonyl (C=O) groups excluding carboxylic acids is 1. The van der Waals surface area contributed by atoms with E-state index < -0.39 is 60.1 Å². The third-order valence-electron chi connectivity index (χ3n) is 3.29. The van der Waals surface area contributed by atoms with Crippen LogP contribution in [0.2, 0.25) is 0 Å². The van der Waals surface area contributed by atoms with Gasteiger partial charge in [0.25, 0.3) is 0 Å². The number of rotatable bonds is 10. The Balaban J connectivity index is 5.77. The standard InChI is InChI=1S/C12H13F13N2O3/c1-26(2)4-3-5-27(29)6(28)7(13,14)8(15,16)11(22,23)30-12(24,25)9(17,18)10(19,20)21/h27H,3-5H2,1-2H3. The van der Waals surface area contributed by atoms with E-state index in [0.29, 0.717) is 0 Å². The molecule has 1 amide bonds. The highest BCUT2D eigenvalue weighted by molar-refractivity contribution is 5.76. The zero-order valence-corrected chi connectivity index (χ0v) is 14.7. The second-order valence-electron chi connectivity index (χ2n) is 6.02. The Bertz CT molecular complexity index is 607. The number of carbonyl (C=O) groups is 1. The molecule has 0 aromatic carbocycles. The summed E-state index contributed by atoms with van der Waals surface area (Å²) in [5.74, 6) is -25.2. The van der Waals surface area contributed by atoms with Crippen LogP contribution >= 0.6 is 0 Å². The monoisotopic (exact) mass is 480 g/mol. The molecule has 0 heterocycles. The van der Waals surface area contributed by atoms with E-state index in [0.717, 1.165) is 0 Å². The van der Waals surface area contributed by atoms with Crippen molar-refractivity contribution in [2.75, 3.05) is 27.2 Å². The number of ether oxygens (including phenoxy) is 1. The number of alkyl halides is 13. The van der Waals surface area contributed by atoms with Crippen molar-refractivity contribution in [2.45, 2.75) is 42.6 Å². The van der Waals surface area contributed by atoms with Crippen LogP contribution in [0.15, 0.2) is 0 Å². The molecule has 1 N–H and O–H groups in total. The normalized spacial score (nSPS) is 16.2. The van der Waals surface area contributed by atoms with Crippen LogP contribution < -0.4 is 5.06 Å². The van der Waals surface area contributed by atoms with Crippen molar-refractivity contribution in [3.8, 4) is 0 Å². The van der Waals surface area contributed by atoms with E-state index in [9.17, 15) is 67.1 Å². The van der Waals surface area contributed by atoms with Crippen LogP contribution in [-0.2, 0) is 9.53 Å². The number of nitrogens with zero attached hydrogens (tertiary/aromatic N) is 1. The first-order valence-corrected chi connectivity index (χ1v) is 7.34. The van der Waals surface area contributed by atoms with Crippen molar-refractivity contribution in [1.29, 1.82) is 0 Å². The summed E-state index contributed by atoms with van der Waals surface area (Å²) >= 11 is 0. The lowest BCUT2D eigenvalue weighted by atomic mass is 10.1. The van der Waals surface area contributed by atoms with Crippen LogP contribution in [-0.4, -0.2) is 74.2 Å². The lowest BCUT2D eigenvalue weighted by molar-refractivity contribution is -0.772. The van der Waals surface area contributed by atoms with Crippen LogP contribution in [0, 0.1) is 5.21 Å². The third kappa shape index (κ3) is 5.44. The van der Waals surface area contributed by atoms with Crippen LogP contribution in [0.4, 0.5) is 57.1 Å². The number of hydrogen-bond donors (Lipinski definition) is 1. The Morgan fingerprint density at radius 2 is 1.23 bits per heavy atom. The van der Waals surface area contributed by atoms with Gasteiger partial charge in [0.15, 0.2) is 0 Å². The fourth-order valence-corrected chi connectivity index (χ4v) is 1.62. The fraction of sp³-hybridized carbons (Fsp3) is 0.917. The van der Waals surface area contributed by atoms with Crippen molar-refractivity contribution in [1.82, 2.24) is 4.90 Å². The summed E-state index contributed by atoms with van der Waals surface area (Å²) in [5, 5.41) is 8.88. The molecule has 0 aromatic rings. The van der Waals surface area contributed by atoms with Gasteiger partial charge in [0, 0.05) is 13.0 Å². The minimum absolute atomic E-state index is 0.0704. The van der Waals surface area contributed by atoms with Gasteiger partial charge in [0.2, 0.25) is 0 Å². The smallest absolute Gasteiger partial charge is 0.462 e. The van der Waals surface area contributed by atoms with E-state index >= 15 is 0 Å². The van der Waals surface area contributed by atoms with E-state index in [2.05, 4.69) is 0 Å². The van der Waals surface area contributed by atoms with Crippen molar-refractivity contribution in [3.63, 3.8) is 0 Å². The van der Waals surface area contributed by atoms with Gasteiger partial charge in [-0.2, -0.15) is 57.1 Å². The van der Waals surface area contributed by atoms with Crippen LogP contribution in [0.1, 0.15) is 6.42 Å². The van der Waals surface area contributed by atoms with Gasteiger partial charge in [-0.3, -0.25) is 0 Å². The molecule has 0 aliphatic carbocycles. The minimum Gasteiger partial charge on any atom is -0.627 e. The summed E-state index contributed by atoms with van der Waals surface area (Å²) in [4.78, 5) is 12.5. The predicted octanol–water partition coefficient (Wildman–Crippen LogP) is 2.52. The lowest BCUT2D eigenvalue weighted by Crippen LogP contribution is -3.12. The van der Waals surface area contributed by atoms with Gasteiger partial charge in [-0.1, -0.05) is 0 Å². The average Bonchev–Trinajstić information content (AvgIpc) is 2.50. The van der Waals surface area contributed by atoms with E-state index in [-0.39, 0.29) is 6.54 Å².